The summed E-state index contributed by atoms with van der Waals surface area (Å²) in [4.78, 5) is 24.0. The number of anilines is 1. The molecule has 0 bridgehead atoms. The predicted molar refractivity (Wildman–Crippen MR) is 82.0 cm³/mol. The van der Waals surface area contributed by atoms with Gasteiger partial charge in [-0.15, -0.1) is 11.3 Å². The van der Waals surface area contributed by atoms with Crippen molar-refractivity contribution in [1.29, 1.82) is 0 Å². The summed E-state index contributed by atoms with van der Waals surface area (Å²) in [6.45, 7) is 1.81. The van der Waals surface area contributed by atoms with Crippen LogP contribution >= 0.6 is 11.3 Å². The first-order chi connectivity index (χ1) is 10.0. The van der Waals surface area contributed by atoms with Crippen molar-refractivity contribution in [2.75, 3.05) is 5.32 Å². The molecule has 1 saturated carbocycles. The second kappa shape index (κ2) is 5.00. The van der Waals surface area contributed by atoms with Crippen LogP contribution in [0.5, 0.6) is 0 Å². The number of carboxylic acids is 1. The lowest BCUT2D eigenvalue weighted by Gasteiger charge is -2.16. The number of carbonyl (C=O) groups is 2. The zero-order valence-corrected chi connectivity index (χ0v) is 12.4. The van der Waals surface area contributed by atoms with Crippen LogP contribution in [0, 0.1) is 6.92 Å². The molecule has 108 valence electrons. The standard InChI is InChI=1S/C16H15NO3S/c1-10-9-21-13(14(18)19)12(10)17-15(20)16(7-8-16)11-5-3-2-4-6-11/h2-6,9H,7-8H2,1H3,(H,17,20)(H,18,19). The van der Waals surface area contributed by atoms with E-state index in [9.17, 15) is 14.7 Å². The number of hydrogen-bond donors (Lipinski definition) is 2. The molecule has 1 fully saturated rings. The zero-order chi connectivity index (χ0) is 15.0. The summed E-state index contributed by atoms with van der Waals surface area (Å²) >= 11 is 1.14. The number of aryl methyl sites for hydroxylation is 1. The van der Waals surface area contributed by atoms with Crippen molar-refractivity contribution >= 4 is 28.9 Å². The van der Waals surface area contributed by atoms with E-state index in [1.165, 1.54) is 0 Å². The van der Waals surface area contributed by atoms with E-state index >= 15 is 0 Å². The third-order valence-electron chi connectivity index (χ3n) is 3.92. The van der Waals surface area contributed by atoms with Crippen molar-refractivity contribution < 1.29 is 14.7 Å². The molecule has 0 radical (unpaired) electrons. The highest BCUT2D eigenvalue weighted by Crippen LogP contribution is 2.49. The Balaban J connectivity index is 1.88. The van der Waals surface area contributed by atoms with Crippen LogP contribution in [-0.2, 0) is 10.2 Å². The Morgan fingerprint density at radius 2 is 1.90 bits per heavy atom. The highest BCUT2D eigenvalue weighted by Gasteiger charge is 2.51. The molecule has 0 atom stereocenters. The minimum absolute atomic E-state index is 0.113. The first-order valence-corrected chi connectivity index (χ1v) is 7.61. The second-order valence-electron chi connectivity index (χ2n) is 5.33. The average molecular weight is 301 g/mol. The van der Waals surface area contributed by atoms with Crippen LogP contribution in [0.3, 0.4) is 0 Å². The van der Waals surface area contributed by atoms with E-state index in [1.807, 2.05) is 30.3 Å². The first-order valence-electron chi connectivity index (χ1n) is 6.73. The molecule has 0 spiro atoms. The predicted octanol–water partition coefficient (Wildman–Crippen LogP) is 3.43. The lowest BCUT2D eigenvalue weighted by molar-refractivity contribution is -0.118. The smallest absolute Gasteiger partial charge is 0.348 e. The molecule has 4 nitrogen and oxygen atoms in total. The number of aromatic carboxylic acids is 1. The van der Waals surface area contributed by atoms with Crippen molar-refractivity contribution in [3.63, 3.8) is 0 Å². The summed E-state index contributed by atoms with van der Waals surface area (Å²) in [5.41, 5.74) is 1.72. The molecule has 1 aliphatic rings. The third kappa shape index (κ3) is 2.34. The molecule has 1 aromatic carbocycles. The Morgan fingerprint density at radius 1 is 1.24 bits per heavy atom. The number of amides is 1. The van der Waals surface area contributed by atoms with E-state index in [0.717, 1.165) is 35.3 Å². The molecule has 0 aliphatic heterocycles. The Hall–Kier alpha value is -2.14. The van der Waals surface area contributed by atoms with E-state index in [-0.39, 0.29) is 10.8 Å². The van der Waals surface area contributed by atoms with Crippen LogP contribution in [0.25, 0.3) is 0 Å². The molecule has 5 heteroatoms. The van der Waals surface area contributed by atoms with Crippen molar-refractivity contribution in [3.05, 3.63) is 51.7 Å². The van der Waals surface area contributed by atoms with Crippen molar-refractivity contribution in [1.82, 2.24) is 0 Å². The Bertz CT molecular complexity index is 702. The van der Waals surface area contributed by atoms with Crippen LogP contribution in [0.2, 0.25) is 0 Å². The monoisotopic (exact) mass is 301 g/mol. The van der Waals surface area contributed by atoms with Crippen LogP contribution < -0.4 is 5.32 Å². The number of benzene rings is 1. The molecule has 3 rings (SSSR count). The fraction of sp³-hybridized carbons (Fsp3) is 0.250. The van der Waals surface area contributed by atoms with Gasteiger partial charge in [0.15, 0.2) is 0 Å². The molecule has 1 aromatic heterocycles. The van der Waals surface area contributed by atoms with Crippen LogP contribution in [0.1, 0.15) is 33.6 Å². The van der Waals surface area contributed by atoms with Gasteiger partial charge in [-0.3, -0.25) is 4.79 Å². The van der Waals surface area contributed by atoms with E-state index < -0.39 is 11.4 Å². The normalized spacial score (nSPS) is 15.5. The highest BCUT2D eigenvalue weighted by atomic mass is 32.1. The van der Waals surface area contributed by atoms with E-state index in [1.54, 1.807) is 12.3 Å². The van der Waals surface area contributed by atoms with Gasteiger partial charge in [0, 0.05) is 0 Å². The Labute approximate surface area is 126 Å². The quantitative estimate of drug-likeness (QED) is 0.909. The summed E-state index contributed by atoms with van der Waals surface area (Å²) in [5.74, 6) is -1.12. The van der Waals surface area contributed by atoms with Crippen LogP contribution in [0.4, 0.5) is 5.69 Å². The number of thiophene rings is 1. The molecular weight excluding hydrogens is 286 g/mol. The summed E-state index contributed by atoms with van der Waals surface area (Å²) in [6.07, 6.45) is 1.60. The van der Waals surface area contributed by atoms with Gasteiger partial charge in [0.2, 0.25) is 5.91 Å². The SMILES string of the molecule is Cc1csc(C(=O)O)c1NC(=O)C1(c2ccccc2)CC1. The van der Waals surface area contributed by atoms with Gasteiger partial charge in [-0.1, -0.05) is 30.3 Å². The van der Waals surface area contributed by atoms with Gasteiger partial charge in [-0.25, -0.2) is 4.79 Å². The molecule has 2 N–H and O–H groups in total. The lowest BCUT2D eigenvalue weighted by Crippen LogP contribution is -2.28. The molecule has 1 amide bonds. The number of hydrogen-bond acceptors (Lipinski definition) is 3. The summed E-state index contributed by atoms with van der Waals surface area (Å²) in [7, 11) is 0. The first kappa shape index (κ1) is 13.8. The van der Waals surface area contributed by atoms with E-state index in [4.69, 9.17) is 0 Å². The number of carboxylic acid groups (broad SMARTS) is 1. The Morgan fingerprint density at radius 3 is 2.48 bits per heavy atom. The maximum atomic E-state index is 12.6. The fourth-order valence-electron chi connectivity index (χ4n) is 2.52. The summed E-state index contributed by atoms with van der Waals surface area (Å²) < 4.78 is 0. The Kier molecular flexibility index (Phi) is 3.29. The number of rotatable bonds is 4. The maximum absolute atomic E-state index is 12.6. The topological polar surface area (TPSA) is 66.4 Å². The van der Waals surface area contributed by atoms with Gasteiger partial charge >= 0.3 is 5.97 Å². The number of carbonyl (C=O) groups excluding carboxylic acids is 1. The summed E-state index contributed by atoms with van der Waals surface area (Å²) in [5, 5.41) is 13.8. The van der Waals surface area contributed by atoms with Crippen molar-refractivity contribution in [3.8, 4) is 0 Å². The molecule has 1 aliphatic carbocycles. The number of nitrogens with one attached hydrogen (secondary N) is 1. The third-order valence-corrected chi connectivity index (χ3v) is 5.00. The molecular formula is C16H15NO3S. The highest BCUT2D eigenvalue weighted by molar-refractivity contribution is 7.12. The van der Waals surface area contributed by atoms with E-state index in [2.05, 4.69) is 5.32 Å². The molecule has 2 aromatic rings. The van der Waals surface area contributed by atoms with E-state index in [0.29, 0.717) is 5.69 Å². The van der Waals surface area contributed by atoms with Gasteiger partial charge in [-0.05, 0) is 36.3 Å². The lowest BCUT2D eigenvalue weighted by atomic mass is 9.95. The van der Waals surface area contributed by atoms with Gasteiger partial charge in [0.1, 0.15) is 4.88 Å². The molecule has 0 saturated heterocycles. The summed E-state index contributed by atoms with van der Waals surface area (Å²) in [6, 6.07) is 9.65. The van der Waals surface area contributed by atoms with Gasteiger partial charge in [-0.2, -0.15) is 0 Å². The second-order valence-corrected chi connectivity index (χ2v) is 6.21. The maximum Gasteiger partial charge on any atom is 0.348 e. The minimum atomic E-state index is -1.01. The van der Waals surface area contributed by atoms with Gasteiger partial charge in [0.25, 0.3) is 0 Å². The average Bonchev–Trinajstić information content (AvgIpc) is 3.21. The van der Waals surface area contributed by atoms with Crippen molar-refractivity contribution in [2.45, 2.75) is 25.2 Å². The van der Waals surface area contributed by atoms with Gasteiger partial charge < -0.3 is 10.4 Å². The zero-order valence-electron chi connectivity index (χ0n) is 11.6. The van der Waals surface area contributed by atoms with Gasteiger partial charge in [0.05, 0.1) is 11.1 Å². The fourth-order valence-corrected chi connectivity index (χ4v) is 3.36. The van der Waals surface area contributed by atoms with Crippen LogP contribution in [0.15, 0.2) is 35.7 Å². The minimum Gasteiger partial charge on any atom is -0.477 e. The van der Waals surface area contributed by atoms with Crippen molar-refractivity contribution in [2.24, 2.45) is 0 Å². The largest absolute Gasteiger partial charge is 0.477 e. The molecule has 21 heavy (non-hydrogen) atoms. The molecule has 1 heterocycles. The van der Waals surface area contributed by atoms with Crippen LogP contribution in [-0.4, -0.2) is 17.0 Å². The molecule has 0 unspecified atom stereocenters.